The second-order valence-corrected chi connectivity index (χ2v) is 2.66. The second kappa shape index (κ2) is 2.05. The Hall–Kier alpha value is -1.39. The molecule has 0 saturated heterocycles. The number of aromatic nitrogens is 4. The third-order valence-corrected chi connectivity index (χ3v) is 1.48. The maximum Gasteiger partial charge on any atom is 0.244 e. The zero-order chi connectivity index (χ0) is 7.84. The molecule has 5 nitrogen and oxygen atoms in total. The van der Waals surface area contributed by atoms with Gasteiger partial charge < -0.3 is 4.52 Å². The van der Waals surface area contributed by atoms with Gasteiger partial charge in [0.1, 0.15) is 0 Å². The molecule has 0 unspecified atom stereocenters. The van der Waals surface area contributed by atoms with Crippen LogP contribution in [-0.4, -0.2) is 20.2 Å². The highest BCUT2D eigenvalue weighted by atomic mass is 16.5. The molecule has 0 aromatic carbocycles. The average molecular weight is 152 g/mol. The van der Waals surface area contributed by atoms with E-state index in [2.05, 4.69) is 15.5 Å². The van der Waals surface area contributed by atoms with Crippen LogP contribution in [0.25, 0.3) is 11.2 Å². The molecule has 0 N–H and O–H groups in total. The van der Waals surface area contributed by atoms with Crippen LogP contribution in [-0.2, 0) is 0 Å². The highest BCUT2D eigenvalue weighted by molar-refractivity contribution is 5.64. The molecule has 0 aliphatic carbocycles. The Kier molecular flexibility index (Phi) is 1.18. The highest BCUT2D eigenvalue weighted by Crippen LogP contribution is 2.10. The van der Waals surface area contributed by atoms with Crippen LogP contribution in [0.3, 0.4) is 0 Å². The SMILES string of the molecule is CC(C)n1cc2onnc2n1. The minimum absolute atomic E-state index is 0.333. The first-order valence-electron chi connectivity index (χ1n) is 3.44. The van der Waals surface area contributed by atoms with Gasteiger partial charge in [-0.25, -0.2) is 0 Å². The van der Waals surface area contributed by atoms with E-state index in [1.165, 1.54) is 0 Å². The van der Waals surface area contributed by atoms with Crippen LogP contribution in [0.5, 0.6) is 0 Å². The second-order valence-electron chi connectivity index (χ2n) is 2.66. The summed E-state index contributed by atoms with van der Waals surface area (Å²) < 4.78 is 6.60. The number of fused-ring (bicyclic) bond motifs is 1. The van der Waals surface area contributed by atoms with Gasteiger partial charge in [-0.05, 0) is 13.8 Å². The first-order valence-corrected chi connectivity index (χ1v) is 3.44. The Morgan fingerprint density at radius 2 is 2.36 bits per heavy atom. The Labute approximate surface area is 63.0 Å². The molecule has 11 heavy (non-hydrogen) atoms. The van der Waals surface area contributed by atoms with Gasteiger partial charge in [0.15, 0.2) is 0 Å². The van der Waals surface area contributed by atoms with E-state index in [1.54, 1.807) is 10.9 Å². The minimum atomic E-state index is 0.333. The fourth-order valence-corrected chi connectivity index (χ4v) is 0.867. The summed E-state index contributed by atoms with van der Waals surface area (Å²) in [5, 5.41) is 11.2. The van der Waals surface area contributed by atoms with Gasteiger partial charge in [0.2, 0.25) is 11.2 Å². The zero-order valence-corrected chi connectivity index (χ0v) is 6.35. The summed E-state index contributed by atoms with van der Waals surface area (Å²) in [5.74, 6) is 0. The number of hydrogen-bond donors (Lipinski definition) is 0. The summed E-state index contributed by atoms with van der Waals surface area (Å²) in [4.78, 5) is 0. The van der Waals surface area contributed by atoms with E-state index in [0.717, 1.165) is 0 Å². The van der Waals surface area contributed by atoms with Crippen LogP contribution in [0.4, 0.5) is 0 Å². The van der Waals surface area contributed by atoms with Crippen molar-refractivity contribution in [3.8, 4) is 0 Å². The van der Waals surface area contributed by atoms with Crippen molar-refractivity contribution >= 4 is 11.2 Å². The van der Waals surface area contributed by atoms with Crippen LogP contribution < -0.4 is 0 Å². The molecular formula is C6H8N4O. The average Bonchev–Trinajstić information content (AvgIpc) is 2.40. The van der Waals surface area contributed by atoms with Gasteiger partial charge in [-0.2, -0.15) is 0 Å². The van der Waals surface area contributed by atoms with Crippen molar-refractivity contribution in [3.05, 3.63) is 6.20 Å². The standard InChI is InChI=1S/C6H8N4O/c1-4(2)10-3-5-6(8-10)7-9-11-5/h3-4H,1-2H3. The van der Waals surface area contributed by atoms with Gasteiger partial charge >= 0.3 is 0 Å². The quantitative estimate of drug-likeness (QED) is 0.611. The minimum Gasteiger partial charge on any atom is -0.333 e. The summed E-state index contributed by atoms with van der Waals surface area (Å²) in [5.41, 5.74) is 1.21. The molecule has 5 heteroatoms. The largest absolute Gasteiger partial charge is 0.333 e. The van der Waals surface area contributed by atoms with E-state index in [4.69, 9.17) is 4.52 Å². The molecule has 0 fully saturated rings. The molecule has 0 spiro atoms. The van der Waals surface area contributed by atoms with Crippen molar-refractivity contribution in [1.82, 2.24) is 20.2 Å². The fourth-order valence-electron chi connectivity index (χ4n) is 0.867. The molecule has 0 amide bonds. The Morgan fingerprint density at radius 3 is 3.00 bits per heavy atom. The van der Waals surface area contributed by atoms with Gasteiger partial charge in [-0.1, -0.05) is 5.10 Å². The molecule has 58 valence electrons. The highest BCUT2D eigenvalue weighted by Gasteiger charge is 2.07. The smallest absolute Gasteiger partial charge is 0.244 e. The van der Waals surface area contributed by atoms with E-state index in [9.17, 15) is 0 Å². The molecule has 2 aromatic rings. The lowest BCUT2D eigenvalue weighted by Gasteiger charge is -2.01. The molecule has 0 radical (unpaired) electrons. The van der Waals surface area contributed by atoms with Crippen LogP contribution in [0.15, 0.2) is 10.7 Å². The van der Waals surface area contributed by atoms with E-state index in [0.29, 0.717) is 17.3 Å². The van der Waals surface area contributed by atoms with Crippen LogP contribution >= 0.6 is 0 Å². The van der Waals surface area contributed by atoms with Crippen molar-refractivity contribution in [2.75, 3.05) is 0 Å². The lowest BCUT2D eigenvalue weighted by atomic mass is 10.4. The van der Waals surface area contributed by atoms with Gasteiger partial charge in [0.25, 0.3) is 0 Å². The molecule has 2 heterocycles. The fraction of sp³-hybridized carbons (Fsp3) is 0.500. The Bertz CT molecular complexity index is 333. The molecule has 0 bridgehead atoms. The maximum absolute atomic E-state index is 4.80. The van der Waals surface area contributed by atoms with Crippen molar-refractivity contribution in [2.45, 2.75) is 19.9 Å². The summed E-state index contributed by atoms with van der Waals surface area (Å²) in [6, 6.07) is 0.333. The van der Waals surface area contributed by atoms with Gasteiger partial charge in [0.05, 0.1) is 6.20 Å². The van der Waals surface area contributed by atoms with E-state index < -0.39 is 0 Å². The normalized spacial score (nSPS) is 11.5. The van der Waals surface area contributed by atoms with E-state index >= 15 is 0 Å². The topological polar surface area (TPSA) is 56.7 Å². The summed E-state index contributed by atoms with van der Waals surface area (Å²) in [6.07, 6.45) is 1.79. The van der Waals surface area contributed by atoms with Crippen molar-refractivity contribution in [1.29, 1.82) is 0 Å². The van der Waals surface area contributed by atoms with E-state index in [1.807, 2.05) is 13.8 Å². The number of nitrogens with zero attached hydrogens (tertiary/aromatic N) is 4. The number of hydrogen-bond acceptors (Lipinski definition) is 4. The van der Waals surface area contributed by atoms with Crippen molar-refractivity contribution in [2.24, 2.45) is 0 Å². The maximum atomic E-state index is 4.80. The summed E-state index contributed by atoms with van der Waals surface area (Å²) in [6.45, 7) is 4.08. The molecule has 0 aliphatic rings. The predicted molar refractivity (Wildman–Crippen MR) is 38.0 cm³/mol. The lowest BCUT2D eigenvalue weighted by Crippen LogP contribution is -2.00. The first kappa shape index (κ1) is 6.33. The van der Waals surface area contributed by atoms with Gasteiger partial charge in [-0.15, -0.1) is 5.10 Å². The molecule has 0 atom stereocenters. The van der Waals surface area contributed by atoms with Crippen LogP contribution in [0, 0.1) is 0 Å². The van der Waals surface area contributed by atoms with Gasteiger partial charge in [-0.3, -0.25) is 4.68 Å². The Morgan fingerprint density at radius 1 is 1.55 bits per heavy atom. The number of rotatable bonds is 1. The monoisotopic (exact) mass is 152 g/mol. The van der Waals surface area contributed by atoms with Crippen molar-refractivity contribution < 1.29 is 4.52 Å². The third-order valence-electron chi connectivity index (χ3n) is 1.48. The third kappa shape index (κ3) is 0.886. The van der Waals surface area contributed by atoms with Crippen LogP contribution in [0.2, 0.25) is 0 Å². The zero-order valence-electron chi connectivity index (χ0n) is 6.35. The van der Waals surface area contributed by atoms with Crippen molar-refractivity contribution in [3.63, 3.8) is 0 Å². The lowest BCUT2D eigenvalue weighted by molar-refractivity contribution is 0.418. The molecule has 2 aromatic heterocycles. The molecule has 0 aliphatic heterocycles. The molecular weight excluding hydrogens is 144 g/mol. The molecule has 2 rings (SSSR count). The van der Waals surface area contributed by atoms with E-state index in [-0.39, 0.29) is 0 Å². The summed E-state index contributed by atoms with van der Waals surface area (Å²) >= 11 is 0. The van der Waals surface area contributed by atoms with Gasteiger partial charge in [0, 0.05) is 11.3 Å². The molecule has 0 saturated carbocycles. The predicted octanol–water partition coefficient (Wildman–Crippen LogP) is 1.00. The first-order chi connectivity index (χ1) is 5.27. The Balaban J connectivity index is 2.58. The van der Waals surface area contributed by atoms with Crippen LogP contribution in [0.1, 0.15) is 19.9 Å². The summed E-state index contributed by atoms with van der Waals surface area (Å²) in [7, 11) is 0.